The van der Waals surface area contributed by atoms with Crippen LogP contribution in [0.2, 0.25) is 0 Å². The van der Waals surface area contributed by atoms with E-state index in [1.807, 2.05) is 12.1 Å². The quantitative estimate of drug-likeness (QED) is 0.868. The molecule has 4 heteroatoms. The van der Waals surface area contributed by atoms with Crippen molar-refractivity contribution in [3.8, 4) is 11.8 Å². The lowest BCUT2D eigenvalue weighted by Gasteiger charge is -2.24. The van der Waals surface area contributed by atoms with Gasteiger partial charge >= 0.3 is 0 Å². The molecule has 0 aliphatic carbocycles. The van der Waals surface area contributed by atoms with E-state index in [2.05, 4.69) is 44.3 Å². The van der Waals surface area contributed by atoms with Crippen molar-refractivity contribution in [2.45, 2.75) is 38.1 Å². The molecule has 1 N–H and O–H groups in total. The lowest BCUT2D eigenvalue weighted by atomic mass is 10.1. The van der Waals surface area contributed by atoms with E-state index in [0.717, 1.165) is 17.3 Å². The topological polar surface area (TPSA) is 45.0 Å². The minimum Gasteiger partial charge on any atom is -0.497 e. The van der Waals surface area contributed by atoms with Gasteiger partial charge in [-0.05, 0) is 38.5 Å². The maximum atomic E-state index is 9.11. The zero-order valence-corrected chi connectivity index (χ0v) is 12.9. The van der Waals surface area contributed by atoms with Gasteiger partial charge in [0, 0.05) is 17.0 Å². The lowest BCUT2D eigenvalue weighted by molar-refractivity contribution is 0.410. The Bertz CT molecular complexity index is 417. The Hall–Kier alpha value is -1.18. The summed E-state index contributed by atoms with van der Waals surface area (Å²) in [6.07, 6.45) is 0. The van der Waals surface area contributed by atoms with Gasteiger partial charge in [-0.15, -0.1) is 0 Å². The van der Waals surface area contributed by atoms with Crippen molar-refractivity contribution in [2.75, 3.05) is 12.9 Å². The summed E-state index contributed by atoms with van der Waals surface area (Å²) in [5, 5.41) is 12.4. The maximum absolute atomic E-state index is 9.11. The van der Waals surface area contributed by atoms with Gasteiger partial charge in [0.2, 0.25) is 0 Å². The molecule has 0 bridgehead atoms. The second kappa shape index (κ2) is 7.42. The largest absolute Gasteiger partial charge is 0.497 e. The Morgan fingerprint density at radius 3 is 2.42 bits per heavy atom. The molecule has 1 aromatic carbocycles. The molecule has 0 amide bonds. The molecular weight excluding hydrogens is 256 g/mol. The standard InChI is InChI=1S/C15H22N2OS/c1-15(2,3)17-13(9-16)11-19-10-12-5-7-14(18-4)8-6-12/h5-8,13,17H,10-11H2,1-4H3. The van der Waals surface area contributed by atoms with Crippen molar-refractivity contribution >= 4 is 11.8 Å². The molecule has 0 aliphatic heterocycles. The second-order valence-corrected chi connectivity index (χ2v) is 6.47. The highest BCUT2D eigenvalue weighted by molar-refractivity contribution is 7.98. The molecule has 19 heavy (non-hydrogen) atoms. The fourth-order valence-electron chi connectivity index (χ4n) is 1.65. The van der Waals surface area contributed by atoms with Crippen LogP contribution in [0.1, 0.15) is 26.3 Å². The molecule has 1 atom stereocenters. The van der Waals surface area contributed by atoms with E-state index >= 15 is 0 Å². The molecule has 0 heterocycles. The van der Waals surface area contributed by atoms with Crippen molar-refractivity contribution in [3.05, 3.63) is 29.8 Å². The van der Waals surface area contributed by atoms with E-state index in [-0.39, 0.29) is 11.6 Å². The summed E-state index contributed by atoms with van der Waals surface area (Å²) in [7, 11) is 1.67. The fraction of sp³-hybridized carbons (Fsp3) is 0.533. The van der Waals surface area contributed by atoms with E-state index in [1.54, 1.807) is 18.9 Å². The molecule has 0 aliphatic rings. The number of rotatable bonds is 6. The Morgan fingerprint density at radius 1 is 1.32 bits per heavy atom. The van der Waals surface area contributed by atoms with Crippen molar-refractivity contribution in [2.24, 2.45) is 0 Å². The van der Waals surface area contributed by atoms with Crippen molar-refractivity contribution < 1.29 is 4.74 Å². The molecule has 0 radical (unpaired) electrons. The number of hydrogen-bond donors (Lipinski definition) is 1. The summed E-state index contributed by atoms with van der Waals surface area (Å²) in [5.74, 6) is 2.58. The molecular formula is C15H22N2OS. The summed E-state index contributed by atoms with van der Waals surface area (Å²) in [5.41, 5.74) is 1.22. The van der Waals surface area contributed by atoms with Crippen LogP contribution >= 0.6 is 11.8 Å². The average Bonchev–Trinajstić information content (AvgIpc) is 2.37. The van der Waals surface area contributed by atoms with Crippen LogP contribution in [-0.4, -0.2) is 24.4 Å². The van der Waals surface area contributed by atoms with Crippen LogP contribution in [0.5, 0.6) is 5.75 Å². The highest BCUT2D eigenvalue weighted by atomic mass is 32.2. The van der Waals surface area contributed by atoms with Gasteiger partial charge in [0.15, 0.2) is 0 Å². The third kappa shape index (κ3) is 6.51. The third-order valence-corrected chi connectivity index (χ3v) is 3.58. The molecule has 0 spiro atoms. The first-order valence-corrected chi connectivity index (χ1v) is 7.48. The van der Waals surface area contributed by atoms with Gasteiger partial charge in [-0.2, -0.15) is 17.0 Å². The number of nitrogens with one attached hydrogen (secondary N) is 1. The lowest BCUT2D eigenvalue weighted by Crippen LogP contribution is -2.44. The first-order chi connectivity index (χ1) is 8.94. The van der Waals surface area contributed by atoms with Gasteiger partial charge in [-0.1, -0.05) is 12.1 Å². The zero-order chi connectivity index (χ0) is 14.3. The molecule has 1 unspecified atom stereocenters. The van der Waals surface area contributed by atoms with Crippen molar-refractivity contribution in [1.82, 2.24) is 5.32 Å². The number of nitriles is 1. The maximum Gasteiger partial charge on any atom is 0.118 e. The van der Waals surface area contributed by atoms with Crippen LogP contribution in [0.3, 0.4) is 0 Å². The molecule has 104 valence electrons. The minimum absolute atomic E-state index is 0.0267. The van der Waals surface area contributed by atoms with Gasteiger partial charge in [0.25, 0.3) is 0 Å². The highest BCUT2D eigenvalue weighted by Crippen LogP contribution is 2.17. The summed E-state index contributed by atoms with van der Waals surface area (Å²) in [4.78, 5) is 0. The van der Waals surface area contributed by atoms with Crippen LogP contribution in [0, 0.1) is 11.3 Å². The molecule has 0 aromatic heterocycles. The molecule has 1 aromatic rings. The highest BCUT2D eigenvalue weighted by Gasteiger charge is 2.16. The molecule has 0 fully saturated rings. The predicted octanol–water partition coefficient (Wildman–Crippen LogP) is 3.21. The summed E-state index contributed by atoms with van der Waals surface area (Å²) >= 11 is 1.77. The van der Waals surface area contributed by atoms with Crippen LogP contribution in [0.25, 0.3) is 0 Å². The molecule has 0 saturated carbocycles. The summed E-state index contributed by atoms with van der Waals surface area (Å²) < 4.78 is 5.12. The summed E-state index contributed by atoms with van der Waals surface area (Å²) in [6.45, 7) is 6.22. The number of nitrogens with zero attached hydrogens (tertiary/aromatic N) is 1. The van der Waals surface area contributed by atoms with Gasteiger partial charge in [0.05, 0.1) is 13.2 Å². The third-order valence-electron chi connectivity index (χ3n) is 2.48. The molecule has 3 nitrogen and oxygen atoms in total. The second-order valence-electron chi connectivity index (χ2n) is 5.44. The Balaban J connectivity index is 2.38. The van der Waals surface area contributed by atoms with Crippen LogP contribution in [0.15, 0.2) is 24.3 Å². The van der Waals surface area contributed by atoms with Gasteiger partial charge in [-0.25, -0.2) is 0 Å². The average molecular weight is 278 g/mol. The van der Waals surface area contributed by atoms with Gasteiger partial charge in [-0.3, -0.25) is 5.32 Å². The van der Waals surface area contributed by atoms with E-state index in [1.165, 1.54) is 5.56 Å². The first-order valence-electron chi connectivity index (χ1n) is 6.32. The van der Waals surface area contributed by atoms with Gasteiger partial charge in [0.1, 0.15) is 11.8 Å². The van der Waals surface area contributed by atoms with Crippen LogP contribution in [0.4, 0.5) is 0 Å². The predicted molar refractivity (Wildman–Crippen MR) is 81.4 cm³/mol. The Kier molecular flexibility index (Phi) is 6.20. The first kappa shape index (κ1) is 15.9. The fourth-order valence-corrected chi connectivity index (χ4v) is 2.59. The van der Waals surface area contributed by atoms with E-state index in [0.29, 0.717) is 0 Å². The number of benzene rings is 1. The molecule has 1 rings (SSSR count). The van der Waals surface area contributed by atoms with Gasteiger partial charge < -0.3 is 4.74 Å². The number of methoxy groups -OCH3 is 1. The zero-order valence-electron chi connectivity index (χ0n) is 12.1. The van der Waals surface area contributed by atoms with Crippen LogP contribution in [-0.2, 0) is 5.75 Å². The molecule has 0 saturated heterocycles. The van der Waals surface area contributed by atoms with Crippen LogP contribution < -0.4 is 10.1 Å². The monoisotopic (exact) mass is 278 g/mol. The number of ether oxygens (including phenoxy) is 1. The van der Waals surface area contributed by atoms with E-state index in [4.69, 9.17) is 10.00 Å². The minimum atomic E-state index is -0.108. The van der Waals surface area contributed by atoms with Crippen molar-refractivity contribution in [1.29, 1.82) is 5.26 Å². The van der Waals surface area contributed by atoms with E-state index < -0.39 is 0 Å². The normalized spacial score (nSPS) is 12.8. The summed E-state index contributed by atoms with van der Waals surface area (Å²) in [6, 6.07) is 10.2. The number of hydrogen-bond acceptors (Lipinski definition) is 4. The number of thioether (sulfide) groups is 1. The van der Waals surface area contributed by atoms with E-state index in [9.17, 15) is 0 Å². The Morgan fingerprint density at radius 2 is 1.95 bits per heavy atom. The SMILES string of the molecule is COc1ccc(CSCC(C#N)NC(C)(C)C)cc1. The van der Waals surface area contributed by atoms with Crippen molar-refractivity contribution in [3.63, 3.8) is 0 Å². The Labute approximate surface area is 120 Å². The smallest absolute Gasteiger partial charge is 0.118 e.